The van der Waals surface area contributed by atoms with E-state index in [4.69, 9.17) is 4.74 Å². The largest absolute Gasteiger partial charge is 0.473 e. The third-order valence-corrected chi connectivity index (χ3v) is 3.09. The van der Waals surface area contributed by atoms with Crippen LogP contribution in [0, 0.1) is 0 Å². The van der Waals surface area contributed by atoms with E-state index in [9.17, 15) is 5.11 Å². The van der Waals surface area contributed by atoms with Gasteiger partial charge in [-0.1, -0.05) is 0 Å². The lowest BCUT2D eigenvalue weighted by molar-refractivity contribution is 0.102. The Morgan fingerprint density at radius 1 is 1.42 bits per heavy atom. The quantitative estimate of drug-likeness (QED) is 0.788. The van der Waals surface area contributed by atoms with Crippen LogP contribution in [0.3, 0.4) is 0 Å². The molecule has 0 amide bonds. The molecule has 6 nitrogen and oxygen atoms in total. The average molecular weight is 280 g/mol. The third-order valence-electron chi connectivity index (χ3n) is 2.63. The predicted octanol–water partition coefficient (Wildman–Crippen LogP) is 1.02. The molecule has 102 valence electrons. The van der Waals surface area contributed by atoms with Gasteiger partial charge in [0.25, 0.3) is 0 Å². The molecule has 0 aliphatic carbocycles. The summed E-state index contributed by atoms with van der Waals surface area (Å²) in [5.41, 5.74) is 1.13. The summed E-state index contributed by atoms with van der Waals surface area (Å²) in [7, 11) is 0. The number of nitrogens with one attached hydrogen (secondary N) is 1. The summed E-state index contributed by atoms with van der Waals surface area (Å²) in [4.78, 5) is 3.97. The number of hydrogen-bond acceptors (Lipinski definition) is 7. The summed E-state index contributed by atoms with van der Waals surface area (Å²) in [6.07, 6.45) is 4.45. The summed E-state index contributed by atoms with van der Waals surface area (Å²) in [6, 6.07) is 4.04. The molecule has 0 aliphatic heterocycles. The van der Waals surface area contributed by atoms with Crippen LogP contribution in [-0.4, -0.2) is 38.1 Å². The minimum Gasteiger partial charge on any atom is -0.473 e. The van der Waals surface area contributed by atoms with Crippen molar-refractivity contribution in [2.24, 2.45) is 0 Å². The number of aromatic nitrogens is 3. The molecular weight excluding hydrogens is 264 g/mol. The van der Waals surface area contributed by atoms with Crippen molar-refractivity contribution < 1.29 is 9.84 Å². The Bertz CT molecular complexity index is 466. The summed E-state index contributed by atoms with van der Waals surface area (Å²) < 4.78 is 13.0. The number of pyridine rings is 1. The highest BCUT2D eigenvalue weighted by Crippen LogP contribution is 2.10. The van der Waals surface area contributed by atoms with Crippen LogP contribution in [0.15, 0.2) is 30.7 Å². The van der Waals surface area contributed by atoms with E-state index in [1.165, 1.54) is 6.20 Å². The van der Waals surface area contributed by atoms with Gasteiger partial charge in [-0.05, 0) is 24.6 Å². The molecule has 0 bridgehead atoms. The molecule has 0 aliphatic rings. The molecule has 0 saturated heterocycles. The lowest BCUT2D eigenvalue weighted by Crippen LogP contribution is -2.33. The number of hydrogen-bond donors (Lipinski definition) is 2. The Hall–Kier alpha value is -1.57. The SMILES string of the molecule is C[C@H](NCC(O)COc1cnsn1)c1ccncc1. The molecule has 0 radical (unpaired) electrons. The fraction of sp³-hybridized carbons (Fsp3) is 0.417. The van der Waals surface area contributed by atoms with Gasteiger partial charge in [0.05, 0.1) is 11.7 Å². The number of nitrogens with zero attached hydrogens (tertiary/aromatic N) is 3. The Morgan fingerprint density at radius 2 is 2.21 bits per heavy atom. The number of aliphatic hydroxyl groups is 1. The van der Waals surface area contributed by atoms with Crippen LogP contribution in [-0.2, 0) is 0 Å². The molecule has 2 atom stereocenters. The van der Waals surface area contributed by atoms with Crippen LogP contribution < -0.4 is 10.1 Å². The van der Waals surface area contributed by atoms with Gasteiger partial charge in [-0.2, -0.15) is 4.37 Å². The minimum atomic E-state index is -0.592. The van der Waals surface area contributed by atoms with Crippen molar-refractivity contribution in [1.82, 2.24) is 19.0 Å². The van der Waals surface area contributed by atoms with E-state index in [-0.39, 0.29) is 12.6 Å². The van der Waals surface area contributed by atoms with Gasteiger partial charge < -0.3 is 15.2 Å². The van der Waals surface area contributed by atoms with Gasteiger partial charge in [-0.25, -0.2) is 0 Å². The number of aliphatic hydroxyl groups excluding tert-OH is 1. The maximum absolute atomic E-state index is 9.80. The van der Waals surface area contributed by atoms with Crippen LogP contribution in [0.1, 0.15) is 18.5 Å². The van der Waals surface area contributed by atoms with E-state index in [1.54, 1.807) is 12.4 Å². The van der Waals surface area contributed by atoms with Gasteiger partial charge in [0, 0.05) is 25.0 Å². The van der Waals surface area contributed by atoms with Crippen molar-refractivity contribution in [3.05, 3.63) is 36.3 Å². The second-order valence-electron chi connectivity index (χ2n) is 4.12. The highest BCUT2D eigenvalue weighted by Gasteiger charge is 2.10. The topological polar surface area (TPSA) is 80.2 Å². The molecule has 19 heavy (non-hydrogen) atoms. The molecule has 2 aromatic heterocycles. The van der Waals surface area contributed by atoms with Crippen molar-refractivity contribution in [3.63, 3.8) is 0 Å². The van der Waals surface area contributed by atoms with E-state index in [2.05, 4.69) is 19.0 Å². The Labute approximate surface area is 115 Å². The summed E-state index contributed by atoms with van der Waals surface area (Å²) in [5, 5.41) is 13.0. The van der Waals surface area contributed by atoms with Gasteiger partial charge in [-0.15, -0.1) is 4.37 Å². The van der Waals surface area contributed by atoms with E-state index >= 15 is 0 Å². The zero-order valence-electron chi connectivity index (χ0n) is 10.6. The molecule has 0 spiro atoms. The first-order chi connectivity index (χ1) is 9.25. The fourth-order valence-corrected chi connectivity index (χ4v) is 1.91. The number of rotatable bonds is 7. The van der Waals surface area contributed by atoms with Gasteiger partial charge >= 0.3 is 0 Å². The van der Waals surface area contributed by atoms with Crippen molar-refractivity contribution in [2.45, 2.75) is 19.1 Å². The van der Waals surface area contributed by atoms with E-state index in [0.29, 0.717) is 12.4 Å². The van der Waals surface area contributed by atoms with E-state index < -0.39 is 6.10 Å². The van der Waals surface area contributed by atoms with Gasteiger partial charge in [0.15, 0.2) is 0 Å². The summed E-state index contributed by atoms with van der Waals surface area (Å²) in [5.74, 6) is 0.450. The molecule has 0 aromatic carbocycles. The standard InChI is InChI=1S/C12H16N4O2S/c1-9(10-2-4-13-5-3-10)14-6-11(17)8-18-12-7-15-19-16-12/h2-5,7,9,11,14,17H,6,8H2,1H3/t9-,11?/m0/s1. The van der Waals surface area contributed by atoms with Crippen LogP contribution in [0.5, 0.6) is 5.88 Å². The monoisotopic (exact) mass is 280 g/mol. The van der Waals surface area contributed by atoms with Crippen LogP contribution >= 0.6 is 11.7 Å². The second-order valence-corrected chi connectivity index (χ2v) is 4.68. The van der Waals surface area contributed by atoms with Gasteiger partial charge in [0.1, 0.15) is 18.9 Å². The fourth-order valence-electron chi connectivity index (χ4n) is 1.54. The van der Waals surface area contributed by atoms with Crippen molar-refractivity contribution in [3.8, 4) is 5.88 Å². The first-order valence-electron chi connectivity index (χ1n) is 5.97. The first kappa shape index (κ1) is 13.9. The normalized spacial score (nSPS) is 14.0. The molecule has 0 fully saturated rings. The zero-order valence-corrected chi connectivity index (χ0v) is 11.4. The van der Waals surface area contributed by atoms with Crippen molar-refractivity contribution in [1.29, 1.82) is 0 Å². The highest BCUT2D eigenvalue weighted by atomic mass is 32.1. The van der Waals surface area contributed by atoms with Gasteiger partial charge in [0.2, 0.25) is 5.88 Å². The second kappa shape index (κ2) is 7.13. The van der Waals surface area contributed by atoms with Gasteiger partial charge in [-0.3, -0.25) is 4.98 Å². The van der Waals surface area contributed by atoms with Crippen LogP contribution in [0.4, 0.5) is 0 Å². The average Bonchev–Trinajstić information content (AvgIpc) is 2.96. The van der Waals surface area contributed by atoms with E-state index in [0.717, 1.165) is 17.3 Å². The molecule has 2 N–H and O–H groups in total. The lowest BCUT2D eigenvalue weighted by Gasteiger charge is -2.17. The van der Waals surface area contributed by atoms with E-state index in [1.807, 2.05) is 19.1 Å². The lowest BCUT2D eigenvalue weighted by atomic mass is 10.1. The summed E-state index contributed by atoms with van der Waals surface area (Å²) in [6.45, 7) is 2.68. The zero-order chi connectivity index (χ0) is 13.5. The molecule has 2 rings (SSSR count). The third kappa shape index (κ3) is 4.55. The molecule has 7 heteroatoms. The van der Waals surface area contributed by atoms with Crippen molar-refractivity contribution >= 4 is 11.7 Å². The predicted molar refractivity (Wildman–Crippen MR) is 72.1 cm³/mol. The maximum atomic E-state index is 9.80. The van der Waals surface area contributed by atoms with Crippen LogP contribution in [0.25, 0.3) is 0 Å². The highest BCUT2D eigenvalue weighted by molar-refractivity contribution is 6.99. The molecule has 2 heterocycles. The number of ether oxygens (including phenoxy) is 1. The molecule has 1 unspecified atom stereocenters. The maximum Gasteiger partial charge on any atom is 0.245 e. The Kier molecular flexibility index (Phi) is 5.20. The van der Waals surface area contributed by atoms with Crippen molar-refractivity contribution in [2.75, 3.05) is 13.2 Å². The smallest absolute Gasteiger partial charge is 0.245 e. The van der Waals surface area contributed by atoms with Crippen LogP contribution in [0.2, 0.25) is 0 Å². The molecule has 2 aromatic rings. The Morgan fingerprint density at radius 3 is 2.89 bits per heavy atom. The molecular formula is C12H16N4O2S. The minimum absolute atomic E-state index is 0.151. The summed E-state index contributed by atoms with van der Waals surface area (Å²) >= 11 is 1.08. The Balaban J connectivity index is 1.70. The first-order valence-corrected chi connectivity index (χ1v) is 6.70. The molecule has 0 saturated carbocycles.